The molecular formula is C16H18N2O3. The number of benzene rings is 2. The molecule has 0 heterocycles. The van der Waals surface area contributed by atoms with E-state index in [1.165, 1.54) is 0 Å². The Balaban J connectivity index is 1.99. The third-order valence-electron chi connectivity index (χ3n) is 2.97. The second kappa shape index (κ2) is 6.65. The van der Waals surface area contributed by atoms with Crippen molar-refractivity contribution in [1.82, 2.24) is 0 Å². The topological polar surface area (TPSA) is 73.6 Å². The average molecular weight is 286 g/mol. The Bertz CT molecular complexity index is 621. The van der Waals surface area contributed by atoms with Gasteiger partial charge >= 0.3 is 0 Å². The zero-order valence-corrected chi connectivity index (χ0v) is 12.1. The van der Waals surface area contributed by atoms with Gasteiger partial charge in [0.1, 0.15) is 11.5 Å². The molecule has 0 radical (unpaired) electrons. The fourth-order valence-corrected chi connectivity index (χ4v) is 1.94. The minimum absolute atomic E-state index is 0.118. The molecule has 21 heavy (non-hydrogen) atoms. The lowest BCUT2D eigenvalue weighted by Gasteiger charge is -2.13. The monoisotopic (exact) mass is 286 g/mol. The number of carbonyl (C=O) groups excluding carboxylic acids is 1. The van der Waals surface area contributed by atoms with Gasteiger partial charge in [-0.3, -0.25) is 4.79 Å². The van der Waals surface area contributed by atoms with Crippen LogP contribution in [0.5, 0.6) is 11.5 Å². The van der Waals surface area contributed by atoms with Crippen molar-refractivity contribution in [3.05, 3.63) is 48.0 Å². The van der Waals surface area contributed by atoms with Crippen LogP contribution in [0.2, 0.25) is 0 Å². The molecule has 0 spiro atoms. The van der Waals surface area contributed by atoms with Gasteiger partial charge in [-0.05, 0) is 30.7 Å². The highest BCUT2D eigenvalue weighted by Gasteiger charge is 2.10. The lowest BCUT2D eigenvalue weighted by Crippen LogP contribution is -2.21. The molecule has 0 aromatic heterocycles. The maximum Gasteiger partial charge on any atom is 0.262 e. The molecular weight excluding hydrogens is 268 g/mol. The summed E-state index contributed by atoms with van der Waals surface area (Å²) in [4.78, 5) is 11.9. The van der Waals surface area contributed by atoms with E-state index in [1.54, 1.807) is 25.3 Å². The van der Waals surface area contributed by atoms with Crippen LogP contribution in [0.3, 0.4) is 0 Å². The highest BCUT2D eigenvalue weighted by atomic mass is 16.5. The number of rotatable bonds is 5. The van der Waals surface area contributed by atoms with E-state index >= 15 is 0 Å². The highest BCUT2D eigenvalue weighted by Crippen LogP contribution is 2.26. The summed E-state index contributed by atoms with van der Waals surface area (Å²) in [5.74, 6) is 0.857. The van der Waals surface area contributed by atoms with Crippen molar-refractivity contribution in [2.45, 2.75) is 6.92 Å². The van der Waals surface area contributed by atoms with Gasteiger partial charge in [0.15, 0.2) is 6.61 Å². The van der Waals surface area contributed by atoms with Gasteiger partial charge in [-0.25, -0.2) is 0 Å². The van der Waals surface area contributed by atoms with Crippen LogP contribution in [0.25, 0.3) is 0 Å². The molecule has 0 saturated carbocycles. The molecule has 2 aromatic rings. The Morgan fingerprint density at radius 3 is 2.67 bits per heavy atom. The Morgan fingerprint density at radius 1 is 1.19 bits per heavy atom. The molecule has 0 saturated heterocycles. The number of carbonyl (C=O) groups is 1. The zero-order valence-electron chi connectivity index (χ0n) is 12.1. The van der Waals surface area contributed by atoms with E-state index in [0.29, 0.717) is 22.9 Å². The lowest BCUT2D eigenvalue weighted by atomic mass is 10.2. The van der Waals surface area contributed by atoms with E-state index in [9.17, 15) is 4.79 Å². The number of aryl methyl sites for hydroxylation is 1. The smallest absolute Gasteiger partial charge is 0.262 e. The predicted molar refractivity (Wildman–Crippen MR) is 82.7 cm³/mol. The molecule has 5 heteroatoms. The van der Waals surface area contributed by atoms with Crippen LogP contribution in [0.15, 0.2) is 42.5 Å². The van der Waals surface area contributed by atoms with Crippen molar-refractivity contribution >= 4 is 17.3 Å². The van der Waals surface area contributed by atoms with Crippen molar-refractivity contribution in [2.24, 2.45) is 0 Å². The summed E-state index contributed by atoms with van der Waals surface area (Å²) < 4.78 is 10.7. The Hall–Kier alpha value is -2.69. The molecule has 0 unspecified atom stereocenters. The Morgan fingerprint density at radius 2 is 1.95 bits per heavy atom. The molecule has 2 aromatic carbocycles. The van der Waals surface area contributed by atoms with Gasteiger partial charge in [0, 0.05) is 0 Å². The minimum atomic E-state index is -0.276. The second-order valence-electron chi connectivity index (χ2n) is 4.53. The van der Waals surface area contributed by atoms with Gasteiger partial charge in [0.25, 0.3) is 5.91 Å². The molecule has 0 atom stereocenters. The van der Waals surface area contributed by atoms with E-state index < -0.39 is 0 Å². The van der Waals surface area contributed by atoms with Gasteiger partial charge < -0.3 is 20.5 Å². The molecule has 1 amide bonds. The quantitative estimate of drug-likeness (QED) is 0.829. The van der Waals surface area contributed by atoms with Crippen LogP contribution < -0.4 is 20.5 Å². The third kappa shape index (κ3) is 3.66. The van der Waals surface area contributed by atoms with E-state index in [4.69, 9.17) is 15.2 Å². The Labute approximate surface area is 123 Å². The largest absolute Gasteiger partial charge is 0.495 e. The standard InChI is InChI=1S/C16H18N2O3/c1-11-6-5-7-12(17)16(11)21-10-15(19)18-13-8-3-4-9-14(13)20-2/h3-9H,10,17H2,1-2H3,(H,18,19). The molecule has 2 rings (SSSR count). The van der Waals surface area contributed by atoms with E-state index in [2.05, 4.69) is 5.32 Å². The van der Waals surface area contributed by atoms with Crippen molar-refractivity contribution in [1.29, 1.82) is 0 Å². The summed E-state index contributed by atoms with van der Waals surface area (Å²) in [5, 5.41) is 2.74. The first-order chi connectivity index (χ1) is 10.1. The number of anilines is 2. The molecule has 0 aliphatic carbocycles. The average Bonchev–Trinajstić information content (AvgIpc) is 2.47. The van der Waals surface area contributed by atoms with Gasteiger partial charge in [0.2, 0.25) is 0 Å². The number of nitrogens with two attached hydrogens (primary N) is 1. The molecule has 0 aliphatic rings. The summed E-state index contributed by atoms with van der Waals surface area (Å²) >= 11 is 0. The first-order valence-corrected chi connectivity index (χ1v) is 6.52. The number of nitrogen functional groups attached to an aromatic ring is 1. The van der Waals surface area contributed by atoms with Crippen LogP contribution in [0.1, 0.15) is 5.56 Å². The molecule has 0 bridgehead atoms. The number of methoxy groups -OCH3 is 1. The predicted octanol–water partition coefficient (Wildman–Crippen LogP) is 2.60. The van der Waals surface area contributed by atoms with Crippen LogP contribution >= 0.6 is 0 Å². The van der Waals surface area contributed by atoms with Crippen LogP contribution in [-0.2, 0) is 4.79 Å². The van der Waals surface area contributed by atoms with Gasteiger partial charge in [-0.2, -0.15) is 0 Å². The SMILES string of the molecule is COc1ccccc1NC(=O)COc1c(C)cccc1N. The van der Waals surface area contributed by atoms with Crippen molar-refractivity contribution < 1.29 is 14.3 Å². The van der Waals surface area contributed by atoms with Gasteiger partial charge in [0.05, 0.1) is 18.5 Å². The summed E-state index contributed by atoms with van der Waals surface area (Å²) in [6.07, 6.45) is 0. The Kier molecular flexibility index (Phi) is 4.66. The van der Waals surface area contributed by atoms with E-state index in [0.717, 1.165) is 5.56 Å². The number of hydrogen-bond acceptors (Lipinski definition) is 4. The molecule has 3 N–H and O–H groups in total. The van der Waals surface area contributed by atoms with Crippen molar-refractivity contribution in [2.75, 3.05) is 24.8 Å². The van der Waals surface area contributed by atoms with Crippen LogP contribution in [0.4, 0.5) is 11.4 Å². The summed E-state index contributed by atoms with van der Waals surface area (Å²) in [7, 11) is 1.55. The number of ether oxygens (including phenoxy) is 2. The van der Waals surface area contributed by atoms with Crippen LogP contribution in [0, 0.1) is 6.92 Å². The first kappa shape index (κ1) is 14.7. The highest BCUT2D eigenvalue weighted by molar-refractivity contribution is 5.93. The fraction of sp³-hybridized carbons (Fsp3) is 0.188. The number of para-hydroxylation sites is 3. The number of amides is 1. The molecule has 110 valence electrons. The fourth-order valence-electron chi connectivity index (χ4n) is 1.94. The van der Waals surface area contributed by atoms with Crippen molar-refractivity contribution in [3.63, 3.8) is 0 Å². The summed E-state index contributed by atoms with van der Waals surface area (Å²) in [6, 6.07) is 12.6. The van der Waals surface area contributed by atoms with E-state index in [-0.39, 0.29) is 12.5 Å². The molecule has 0 fully saturated rings. The maximum absolute atomic E-state index is 11.9. The zero-order chi connectivity index (χ0) is 15.2. The van der Waals surface area contributed by atoms with Gasteiger partial charge in [-0.15, -0.1) is 0 Å². The van der Waals surface area contributed by atoms with Crippen LogP contribution in [-0.4, -0.2) is 19.6 Å². The maximum atomic E-state index is 11.9. The summed E-state index contributed by atoms with van der Waals surface area (Å²) in [5.41, 5.74) is 7.84. The number of nitrogens with one attached hydrogen (secondary N) is 1. The third-order valence-corrected chi connectivity index (χ3v) is 2.97. The molecule has 0 aliphatic heterocycles. The normalized spacial score (nSPS) is 10.0. The number of hydrogen-bond donors (Lipinski definition) is 2. The second-order valence-corrected chi connectivity index (χ2v) is 4.53. The minimum Gasteiger partial charge on any atom is -0.495 e. The van der Waals surface area contributed by atoms with Crippen molar-refractivity contribution in [3.8, 4) is 11.5 Å². The van der Waals surface area contributed by atoms with Gasteiger partial charge in [-0.1, -0.05) is 24.3 Å². The lowest BCUT2D eigenvalue weighted by molar-refractivity contribution is -0.118. The first-order valence-electron chi connectivity index (χ1n) is 6.52. The molecule has 5 nitrogen and oxygen atoms in total. The summed E-state index contributed by atoms with van der Waals surface area (Å²) in [6.45, 7) is 1.76. The van der Waals surface area contributed by atoms with E-state index in [1.807, 2.05) is 31.2 Å².